The summed E-state index contributed by atoms with van der Waals surface area (Å²) in [6, 6.07) is 12.1. The molecule has 4 amide bonds. The van der Waals surface area contributed by atoms with Crippen LogP contribution in [0.4, 0.5) is 33.3 Å². The highest BCUT2D eigenvalue weighted by atomic mass is 35.5. The van der Waals surface area contributed by atoms with Crippen molar-refractivity contribution in [2.45, 2.75) is 28.5 Å². The molecule has 6 unspecified atom stereocenters. The second kappa shape index (κ2) is 10.8. The summed E-state index contributed by atoms with van der Waals surface area (Å²) in [4.78, 5) is 51.5. The molecule has 0 aromatic heterocycles. The zero-order chi connectivity index (χ0) is 34.6. The normalized spacial score (nSPS) is 29.5. The van der Waals surface area contributed by atoms with Crippen molar-refractivity contribution in [3.05, 3.63) is 94.8 Å². The first kappa shape index (κ1) is 32.1. The molecule has 1 N–H and O–H groups in total. The molecule has 0 spiro atoms. The minimum absolute atomic E-state index is 0.0443. The minimum atomic E-state index is -2.77. The van der Waals surface area contributed by atoms with Gasteiger partial charge in [0.05, 0.1) is 24.6 Å². The number of fused-ring (bicyclic) bond motifs is 4. The van der Waals surface area contributed by atoms with Gasteiger partial charge in [-0.15, -0.1) is 23.2 Å². The maximum atomic E-state index is 15.2. The van der Waals surface area contributed by atoms with Crippen LogP contribution >= 0.6 is 23.2 Å². The molecule has 248 valence electrons. The highest BCUT2D eigenvalue weighted by molar-refractivity contribution is 6.58. The molecular formula is C33H21Cl2F5N2O6. The van der Waals surface area contributed by atoms with E-state index in [4.69, 9.17) is 27.9 Å². The van der Waals surface area contributed by atoms with Gasteiger partial charge >= 0.3 is 0 Å². The Balaban J connectivity index is 1.46. The third-order valence-corrected chi connectivity index (χ3v) is 11.2. The number of carbonyl (C=O) groups is 4. The summed E-state index contributed by atoms with van der Waals surface area (Å²) in [7, 11) is 1.23. The largest absolute Gasteiger partial charge is 0.504 e. The molecule has 3 fully saturated rings. The fourth-order valence-electron chi connectivity index (χ4n) is 7.68. The predicted octanol–water partition coefficient (Wildman–Crippen LogP) is 5.86. The van der Waals surface area contributed by atoms with E-state index in [0.717, 1.165) is 4.90 Å². The molecule has 15 heteroatoms. The van der Waals surface area contributed by atoms with E-state index in [1.54, 1.807) is 30.3 Å². The number of para-hydroxylation sites is 2. The first-order valence-corrected chi connectivity index (χ1v) is 15.2. The Labute approximate surface area is 278 Å². The predicted molar refractivity (Wildman–Crippen MR) is 160 cm³/mol. The zero-order valence-corrected chi connectivity index (χ0v) is 26.0. The van der Waals surface area contributed by atoms with Gasteiger partial charge in [-0.05, 0) is 37.0 Å². The number of halogens is 7. The van der Waals surface area contributed by atoms with Crippen molar-refractivity contribution in [1.82, 2.24) is 0 Å². The Kier molecular flexibility index (Phi) is 7.19. The number of allylic oxidation sites excluding steroid dienone is 2. The van der Waals surface area contributed by atoms with Gasteiger partial charge in [-0.1, -0.05) is 42.0 Å². The lowest BCUT2D eigenvalue weighted by molar-refractivity contribution is -0.125. The molecule has 2 aliphatic carbocycles. The van der Waals surface area contributed by atoms with Gasteiger partial charge in [0.1, 0.15) is 5.69 Å². The van der Waals surface area contributed by atoms with Crippen LogP contribution in [0.3, 0.4) is 0 Å². The highest BCUT2D eigenvalue weighted by Crippen LogP contribution is 2.67. The second-order valence-corrected chi connectivity index (χ2v) is 13.2. The van der Waals surface area contributed by atoms with Crippen molar-refractivity contribution < 1.29 is 51.0 Å². The summed E-state index contributed by atoms with van der Waals surface area (Å²) in [6.45, 7) is 0. The van der Waals surface area contributed by atoms with Crippen molar-refractivity contribution in [1.29, 1.82) is 0 Å². The summed E-state index contributed by atoms with van der Waals surface area (Å²) in [5, 5.41) is 11.3. The third-order valence-electron chi connectivity index (χ3n) is 9.80. The van der Waals surface area contributed by atoms with Crippen molar-refractivity contribution in [2.24, 2.45) is 17.8 Å². The molecule has 48 heavy (non-hydrogen) atoms. The number of rotatable bonds is 4. The molecule has 4 aliphatic rings. The van der Waals surface area contributed by atoms with Crippen LogP contribution in [0.1, 0.15) is 24.3 Å². The number of imide groups is 2. The van der Waals surface area contributed by atoms with E-state index in [-0.39, 0.29) is 33.9 Å². The minimum Gasteiger partial charge on any atom is -0.504 e. The van der Waals surface area contributed by atoms with E-state index in [1.807, 2.05) is 0 Å². The van der Waals surface area contributed by atoms with Crippen LogP contribution in [-0.2, 0) is 19.2 Å². The van der Waals surface area contributed by atoms with Crippen LogP contribution in [0.25, 0.3) is 0 Å². The number of phenols is 1. The number of hydrogen-bond donors (Lipinski definition) is 1. The summed E-state index contributed by atoms with van der Waals surface area (Å²) in [5.41, 5.74) is -1.57. The van der Waals surface area contributed by atoms with Gasteiger partial charge in [-0.25, -0.2) is 26.9 Å². The van der Waals surface area contributed by atoms with Gasteiger partial charge in [-0.2, -0.15) is 0 Å². The number of ether oxygens (including phenoxy) is 1. The molecule has 3 aromatic rings. The molecule has 2 saturated heterocycles. The number of methoxy groups -OCH3 is 1. The standard InChI is InChI=1S/C33H21Cl2F5N2O6/c1-48-18-9-5-8-16(27(18)43)20-14-10-11-15-19(29(45)41(28(15)44)13-6-3-2-4-7-13)17(14)12-32(34)30(46)42(31(47)33(20,32)35)26-24(39)22(37)21(36)23(38)25(26)40/h2-10,15,17,19-20,43H,11-12H2,1H3. The monoisotopic (exact) mass is 706 g/mol. The average molecular weight is 707 g/mol. The Morgan fingerprint density at radius 2 is 1.42 bits per heavy atom. The van der Waals surface area contributed by atoms with Crippen LogP contribution in [0.2, 0.25) is 0 Å². The van der Waals surface area contributed by atoms with Crippen molar-refractivity contribution in [3.8, 4) is 11.5 Å². The van der Waals surface area contributed by atoms with Crippen LogP contribution in [-0.4, -0.2) is 45.6 Å². The van der Waals surface area contributed by atoms with Gasteiger partial charge in [0.25, 0.3) is 11.8 Å². The molecule has 6 atom stereocenters. The second-order valence-electron chi connectivity index (χ2n) is 11.9. The Hall–Kier alpha value is -4.49. The van der Waals surface area contributed by atoms with Crippen LogP contribution in [0, 0.1) is 46.8 Å². The van der Waals surface area contributed by atoms with Crippen LogP contribution < -0.4 is 14.5 Å². The number of phenolic OH excluding ortho intramolecular Hbond substituents is 1. The molecule has 0 radical (unpaired) electrons. The van der Waals surface area contributed by atoms with E-state index >= 15 is 8.78 Å². The van der Waals surface area contributed by atoms with Gasteiger partial charge in [0.2, 0.25) is 17.6 Å². The van der Waals surface area contributed by atoms with Gasteiger partial charge in [0, 0.05) is 11.5 Å². The van der Waals surface area contributed by atoms with E-state index in [1.165, 1.54) is 31.4 Å². The number of amides is 4. The quantitative estimate of drug-likeness (QED) is 0.0910. The smallest absolute Gasteiger partial charge is 0.258 e. The Morgan fingerprint density at radius 3 is 2.04 bits per heavy atom. The SMILES string of the molecule is COc1cccc(C2C3=CCC4C(=O)N(c5ccccc5)C(=O)C4C3CC3(Cl)C(=O)N(c4c(F)c(F)c(F)c(F)c4F)C(=O)C23Cl)c1O. The fraction of sp³-hybridized carbons (Fsp3) is 0.273. The molecular weight excluding hydrogens is 686 g/mol. The molecule has 3 aromatic carbocycles. The lowest BCUT2D eigenvalue weighted by Crippen LogP contribution is -2.60. The highest BCUT2D eigenvalue weighted by Gasteiger charge is 2.77. The maximum absolute atomic E-state index is 15.2. The van der Waals surface area contributed by atoms with Crippen LogP contribution in [0.5, 0.6) is 11.5 Å². The third kappa shape index (κ3) is 3.88. The van der Waals surface area contributed by atoms with Crippen LogP contribution in [0.15, 0.2) is 60.2 Å². The Bertz CT molecular complexity index is 1980. The first-order chi connectivity index (χ1) is 22.7. The maximum Gasteiger partial charge on any atom is 0.258 e. The van der Waals surface area contributed by atoms with E-state index < -0.39 is 104 Å². The fourth-order valence-corrected chi connectivity index (χ4v) is 8.61. The lowest BCUT2D eigenvalue weighted by Gasteiger charge is -2.50. The van der Waals surface area contributed by atoms with Crippen molar-refractivity contribution in [3.63, 3.8) is 0 Å². The lowest BCUT2D eigenvalue weighted by atomic mass is 9.56. The summed E-state index contributed by atoms with van der Waals surface area (Å²) in [6.07, 6.45) is 0.830. The van der Waals surface area contributed by atoms with E-state index in [9.17, 15) is 37.5 Å². The van der Waals surface area contributed by atoms with Gasteiger partial charge < -0.3 is 9.84 Å². The number of benzene rings is 3. The zero-order valence-electron chi connectivity index (χ0n) is 24.4. The van der Waals surface area contributed by atoms with E-state index in [2.05, 4.69) is 0 Å². The number of nitrogens with zero attached hydrogens (tertiary/aromatic N) is 2. The molecule has 7 rings (SSSR count). The van der Waals surface area contributed by atoms with Crippen molar-refractivity contribution in [2.75, 3.05) is 16.9 Å². The molecule has 8 nitrogen and oxygen atoms in total. The molecule has 2 aliphatic heterocycles. The number of alkyl halides is 2. The Morgan fingerprint density at radius 1 is 0.792 bits per heavy atom. The number of anilines is 2. The number of hydrogen-bond acceptors (Lipinski definition) is 6. The van der Waals surface area contributed by atoms with E-state index in [0.29, 0.717) is 0 Å². The number of carbonyl (C=O) groups excluding carboxylic acids is 4. The molecule has 1 saturated carbocycles. The molecule has 0 bridgehead atoms. The summed E-state index contributed by atoms with van der Waals surface area (Å²) < 4.78 is 78.3. The van der Waals surface area contributed by atoms with Gasteiger partial charge in [0.15, 0.2) is 44.5 Å². The first-order valence-electron chi connectivity index (χ1n) is 14.5. The number of aromatic hydroxyl groups is 1. The molecule has 2 heterocycles. The van der Waals surface area contributed by atoms with Gasteiger partial charge in [-0.3, -0.25) is 24.1 Å². The van der Waals surface area contributed by atoms with Crippen molar-refractivity contribution >= 4 is 58.2 Å². The topological polar surface area (TPSA) is 104 Å². The average Bonchev–Trinajstić information content (AvgIpc) is 3.42. The summed E-state index contributed by atoms with van der Waals surface area (Å²) >= 11 is 14.2. The summed E-state index contributed by atoms with van der Waals surface area (Å²) in [5.74, 6) is -22.4.